The van der Waals surface area contributed by atoms with E-state index in [1.807, 2.05) is 4.90 Å². The number of hydrogen-bond donors (Lipinski definition) is 1. The molecular formula is C11H14BrF2N3. The van der Waals surface area contributed by atoms with Crippen LogP contribution < -0.4 is 5.32 Å². The quantitative estimate of drug-likeness (QED) is 0.867. The van der Waals surface area contributed by atoms with Gasteiger partial charge in [0.1, 0.15) is 4.60 Å². The van der Waals surface area contributed by atoms with Crippen LogP contribution in [0.2, 0.25) is 0 Å². The monoisotopic (exact) mass is 305 g/mol. The highest BCUT2D eigenvalue weighted by molar-refractivity contribution is 9.10. The van der Waals surface area contributed by atoms with Gasteiger partial charge in [0, 0.05) is 37.9 Å². The van der Waals surface area contributed by atoms with Gasteiger partial charge in [-0.25, -0.2) is 13.8 Å². The maximum absolute atomic E-state index is 13.2. The molecule has 17 heavy (non-hydrogen) atoms. The highest BCUT2D eigenvalue weighted by Crippen LogP contribution is 2.31. The van der Waals surface area contributed by atoms with Crippen LogP contribution in [0.4, 0.5) is 8.78 Å². The van der Waals surface area contributed by atoms with Gasteiger partial charge in [-0.1, -0.05) is 6.07 Å². The summed E-state index contributed by atoms with van der Waals surface area (Å²) in [6.07, 6.45) is -0.818. The van der Waals surface area contributed by atoms with Crippen molar-refractivity contribution in [2.75, 3.05) is 26.2 Å². The fraction of sp³-hybridized carbons (Fsp3) is 0.545. The number of rotatable bonds is 3. The zero-order valence-electron chi connectivity index (χ0n) is 9.24. The van der Waals surface area contributed by atoms with E-state index in [4.69, 9.17) is 0 Å². The largest absolute Gasteiger partial charge is 0.314 e. The van der Waals surface area contributed by atoms with Crippen molar-refractivity contribution in [3.8, 4) is 0 Å². The van der Waals surface area contributed by atoms with Gasteiger partial charge in [0.2, 0.25) is 0 Å². The fourth-order valence-electron chi connectivity index (χ4n) is 2.07. The van der Waals surface area contributed by atoms with Gasteiger partial charge >= 0.3 is 0 Å². The predicted octanol–water partition coefficient (Wildman–Crippen LogP) is 2.06. The standard InChI is InChI=1S/C11H14BrF2N3/c12-10-8(2-1-3-16-10)9(11(13)14)17-6-4-15-5-7-17/h1-3,9,11,15H,4-7H2/t9-/m1/s1. The van der Waals surface area contributed by atoms with Gasteiger partial charge in [0.05, 0.1) is 6.04 Å². The zero-order chi connectivity index (χ0) is 12.3. The van der Waals surface area contributed by atoms with Gasteiger partial charge in [-0.05, 0) is 22.0 Å². The van der Waals surface area contributed by atoms with Gasteiger partial charge in [-0.3, -0.25) is 4.90 Å². The molecule has 0 bridgehead atoms. The van der Waals surface area contributed by atoms with Crippen molar-refractivity contribution in [3.05, 3.63) is 28.5 Å². The van der Waals surface area contributed by atoms with Crippen molar-refractivity contribution in [2.24, 2.45) is 0 Å². The molecule has 0 radical (unpaired) electrons. The molecule has 0 aliphatic carbocycles. The Morgan fingerprint density at radius 2 is 2.06 bits per heavy atom. The molecule has 1 saturated heterocycles. The number of hydrogen-bond acceptors (Lipinski definition) is 3. The van der Waals surface area contributed by atoms with Crippen LogP contribution in [0.15, 0.2) is 22.9 Å². The minimum absolute atomic E-state index is 0.504. The Morgan fingerprint density at radius 3 is 2.65 bits per heavy atom. The van der Waals surface area contributed by atoms with Gasteiger partial charge < -0.3 is 5.32 Å². The topological polar surface area (TPSA) is 28.2 Å². The molecule has 1 fully saturated rings. The van der Waals surface area contributed by atoms with Crippen LogP contribution in [0.25, 0.3) is 0 Å². The predicted molar refractivity (Wildman–Crippen MR) is 65.1 cm³/mol. The van der Waals surface area contributed by atoms with Crippen molar-refractivity contribution >= 4 is 15.9 Å². The molecule has 0 spiro atoms. The van der Waals surface area contributed by atoms with E-state index in [0.29, 0.717) is 23.3 Å². The van der Waals surface area contributed by atoms with E-state index < -0.39 is 12.5 Å². The minimum Gasteiger partial charge on any atom is -0.314 e. The normalized spacial score (nSPS) is 19.5. The van der Waals surface area contributed by atoms with Gasteiger partial charge in [-0.15, -0.1) is 0 Å². The first kappa shape index (κ1) is 12.9. The summed E-state index contributed by atoms with van der Waals surface area (Å²) in [6, 6.07) is 2.52. The van der Waals surface area contributed by atoms with E-state index in [1.165, 1.54) is 0 Å². The molecule has 0 amide bonds. The number of nitrogens with one attached hydrogen (secondary N) is 1. The Bertz CT molecular complexity index is 369. The van der Waals surface area contributed by atoms with Crippen LogP contribution in [0.5, 0.6) is 0 Å². The summed E-state index contributed by atoms with van der Waals surface area (Å²) in [7, 11) is 0. The van der Waals surface area contributed by atoms with Crippen molar-refractivity contribution in [3.63, 3.8) is 0 Å². The molecule has 1 aliphatic heterocycles. The first-order chi connectivity index (χ1) is 8.20. The summed E-state index contributed by atoms with van der Waals surface area (Å²) < 4.78 is 27.0. The Balaban J connectivity index is 2.25. The summed E-state index contributed by atoms with van der Waals surface area (Å²) in [6.45, 7) is 2.77. The number of nitrogens with zero attached hydrogens (tertiary/aromatic N) is 2. The van der Waals surface area contributed by atoms with Crippen molar-refractivity contribution in [2.45, 2.75) is 12.5 Å². The lowest BCUT2D eigenvalue weighted by molar-refractivity contribution is 0.0176. The van der Waals surface area contributed by atoms with Gasteiger partial charge in [0.15, 0.2) is 0 Å². The molecule has 1 aromatic rings. The Morgan fingerprint density at radius 1 is 1.35 bits per heavy atom. The van der Waals surface area contributed by atoms with E-state index in [0.717, 1.165) is 13.1 Å². The number of alkyl halides is 2. The zero-order valence-corrected chi connectivity index (χ0v) is 10.8. The number of aromatic nitrogens is 1. The highest BCUT2D eigenvalue weighted by Gasteiger charge is 2.31. The molecule has 1 aromatic heterocycles. The number of pyridine rings is 1. The molecule has 2 heterocycles. The summed E-state index contributed by atoms with van der Waals surface area (Å²) in [5.41, 5.74) is 0.560. The Hall–Kier alpha value is -0.590. The molecule has 1 aliphatic rings. The van der Waals surface area contributed by atoms with E-state index >= 15 is 0 Å². The SMILES string of the molecule is FC(F)[C@@H](c1cccnc1Br)N1CCNCC1. The second-order valence-corrected chi connectivity index (χ2v) is 4.70. The average Bonchev–Trinajstić information content (AvgIpc) is 2.33. The van der Waals surface area contributed by atoms with Crippen molar-refractivity contribution < 1.29 is 8.78 Å². The van der Waals surface area contributed by atoms with Crippen LogP contribution in [0, 0.1) is 0 Å². The highest BCUT2D eigenvalue weighted by atomic mass is 79.9. The third-order valence-corrected chi connectivity index (χ3v) is 3.55. The van der Waals surface area contributed by atoms with Crippen LogP contribution >= 0.6 is 15.9 Å². The van der Waals surface area contributed by atoms with E-state index in [2.05, 4.69) is 26.2 Å². The summed E-state index contributed by atoms with van der Waals surface area (Å²) in [5, 5.41) is 3.16. The molecule has 1 atom stereocenters. The Kier molecular flexibility index (Phi) is 4.42. The molecule has 0 aromatic carbocycles. The molecule has 3 nitrogen and oxygen atoms in total. The third kappa shape index (κ3) is 3.00. The number of piperazine rings is 1. The maximum atomic E-state index is 13.2. The van der Waals surface area contributed by atoms with Crippen molar-refractivity contribution in [1.29, 1.82) is 0 Å². The van der Waals surface area contributed by atoms with Crippen LogP contribution in [0.3, 0.4) is 0 Å². The molecule has 0 unspecified atom stereocenters. The lowest BCUT2D eigenvalue weighted by Crippen LogP contribution is -2.47. The van der Waals surface area contributed by atoms with Crippen LogP contribution in [-0.2, 0) is 0 Å². The van der Waals surface area contributed by atoms with E-state index in [9.17, 15) is 8.78 Å². The summed E-state index contributed by atoms with van der Waals surface area (Å²) >= 11 is 3.25. The lowest BCUT2D eigenvalue weighted by Gasteiger charge is -2.34. The second kappa shape index (κ2) is 5.84. The fourth-order valence-corrected chi connectivity index (χ4v) is 2.56. The molecule has 1 N–H and O–H groups in total. The van der Waals surface area contributed by atoms with Crippen LogP contribution in [0.1, 0.15) is 11.6 Å². The molecule has 6 heteroatoms. The first-order valence-electron chi connectivity index (χ1n) is 5.53. The van der Waals surface area contributed by atoms with Gasteiger partial charge in [-0.2, -0.15) is 0 Å². The number of halogens is 3. The minimum atomic E-state index is -2.41. The van der Waals surface area contributed by atoms with E-state index in [-0.39, 0.29) is 0 Å². The second-order valence-electron chi connectivity index (χ2n) is 3.95. The molecule has 94 valence electrons. The van der Waals surface area contributed by atoms with Gasteiger partial charge in [0.25, 0.3) is 6.43 Å². The summed E-state index contributed by atoms with van der Waals surface area (Å²) in [4.78, 5) is 5.83. The van der Waals surface area contributed by atoms with Crippen molar-refractivity contribution in [1.82, 2.24) is 15.2 Å². The summed E-state index contributed by atoms with van der Waals surface area (Å²) in [5.74, 6) is 0. The van der Waals surface area contributed by atoms with Crippen LogP contribution in [-0.4, -0.2) is 42.5 Å². The average molecular weight is 306 g/mol. The maximum Gasteiger partial charge on any atom is 0.258 e. The third-order valence-electron chi connectivity index (χ3n) is 2.89. The molecule has 0 saturated carbocycles. The van der Waals surface area contributed by atoms with E-state index in [1.54, 1.807) is 18.3 Å². The first-order valence-corrected chi connectivity index (χ1v) is 6.33. The smallest absolute Gasteiger partial charge is 0.258 e. The Labute approximate surface area is 107 Å². The lowest BCUT2D eigenvalue weighted by atomic mass is 10.1. The molecular weight excluding hydrogens is 292 g/mol. The molecule has 2 rings (SSSR count).